The van der Waals surface area contributed by atoms with Crippen molar-refractivity contribution in [3.05, 3.63) is 385 Å². The minimum atomic E-state index is -2.76. The van der Waals surface area contributed by atoms with Gasteiger partial charge in [0.1, 0.15) is 0 Å². The molecule has 0 atom stereocenters. The Kier molecular flexibility index (Phi) is 22.7. The van der Waals surface area contributed by atoms with Gasteiger partial charge in [-0.1, -0.05) is 349 Å². The van der Waals surface area contributed by atoms with Gasteiger partial charge in [0.2, 0.25) is 0 Å². The van der Waals surface area contributed by atoms with Gasteiger partial charge in [0.25, 0.3) is 0 Å². The van der Waals surface area contributed by atoms with Crippen molar-refractivity contribution >= 4 is 191 Å². The van der Waals surface area contributed by atoms with Gasteiger partial charge in [-0.3, -0.25) is 0 Å². The average Bonchev–Trinajstić information content (AvgIpc) is 0.703. The maximum Gasteiger partial charge on any atom is 0.184 e. The predicted molar refractivity (Wildman–Crippen MR) is 495 cm³/mol. The number of hydrogen-bond donors (Lipinski definition) is 1. The van der Waals surface area contributed by atoms with Crippen LogP contribution in [0.2, 0.25) is 10.0 Å². The zero-order chi connectivity index (χ0) is 78.2. The number of halogens is 5. The van der Waals surface area contributed by atoms with Gasteiger partial charge < -0.3 is 20.0 Å². The third kappa shape index (κ3) is 15.6. The highest BCUT2D eigenvalue weighted by atomic mass is 79.9. The van der Waals surface area contributed by atoms with Crippen LogP contribution in [0.25, 0.3) is 0 Å². The summed E-state index contributed by atoms with van der Waals surface area (Å²) in [7, 11) is -5.10. The molecule has 0 bridgehead atoms. The van der Waals surface area contributed by atoms with Crippen molar-refractivity contribution < 1.29 is 0 Å². The molecule has 2 aliphatic heterocycles. The van der Waals surface area contributed by atoms with E-state index in [4.69, 9.17) is 23.2 Å². The Bertz CT molecular complexity index is 5310. The molecule has 0 spiro atoms. The third-order valence-corrected chi connectivity index (χ3v) is 34.5. The number of nitrogens with zero attached hydrogens (tertiary/aromatic N) is 3. The SMILES string of the molecule is CC(C)(C)c1ccc(N(c2ccc(C(C)(C)C)cc2)c2cc(Cl)cc(Br)c2Br)cc1.CC(C)(C)c1ccc(N(c2ccc(C(C)(C)C)cc2)c2cc(Cl)cc(N3c4ccccc4[Si](c4ccccc4)(c4ccccc4)c4ccccc43)c2Br)cc1.c1ccc([Si]2(c3ccccc3)c3ccccc3Nc3ccccc32)cc1. The van der Waals surface area contributed by atoms with Gasteiger partial charge in [-0.25, -0.2) is 0 Å². The molecule has 0 aromatic heterocycles. The molecule has 2 heterocycles. The first kappa shape index (κ1) is 78.4. The van der Waals surface area contributed by atoms with E-state index in [2.05, 4.69) is 478 Å². The normalized spacial score (nSPS) is 13.3. The first-order valence-electron chi connectivity index (χ1n) is 38.0. The lowest BCUT2D eigenvalue weighted by molar-refractivity contribution is 0.590. The van der Waals surface area contributed by atoms with Crippen LogP contribution < -0.4 is 61.5 Å². The van der Waals surface area contributed by atoms with Crippen molar-refractivity contribution in [1.82, 2.24) is 0 Å². The molecule has 0 saturated heterocycles. The van der Waals surface area contributed by atoms with Crippen LogP contribution in [0.1, 0.15) is 105 Å². The molecule has 11 heteroatoms. The van der Waals surface area contributed by atoms with Crippen molar-refractivity contribution in [3.63, 3.8) is 0 Å². The lowest BCUT2D eigenvalue weighted by Gasteiger charge is -2.45. The van der Waals surface area contributed by atoms with Crippen LogP contribution in [0.4, 0.5) is 62.6 Å². The number of benzene rings is 14. The monoisotopic (exact) mass is 1710 g/mol. The second kappa shape index (κ2) is 32.1. The van der Waals surface area contributed by atoms with E-state index < -0.39 is 16.1 Å². The minimum Gasteiger partial charge on any atom is -0.356 e. The summed E-state index contributed by atoms with van der Waals surface area (Å²) in [5, 5.41) is 16.1. The van der Waals surface area contributed by atoms with Gasteiger partial charge in [-0.15, -0.1) is 0 Å². The summed E-state index contributed by atoms with van der Waals surface area (Å²) < 4.78 is 2.84. The zero-order valence-corrected chi connectivity index (χ0v) is 73.3. The highest BCUT2D eigenvalue weighted by Crippen LogP contribution is 2.51. The Balaban J connectivity index is 0.000000153. The van der Waals surface area contributed by atoms with Gasteiger partial charge in [0.05, 0.1) is 26.0 Å². The number of para-hydroxylation sites is 4. The Labute approximate surface area is 695 Å². The fraction of sp³-hybridized carbons (Fsp3) is 0.160. The highest BCUT2D eigenvalue weighted by Gasteiger charge is 2.50. The molecule has 0 unspecified atom stereocenters. The van der Waals surface area contributed by atoms with Crippen LogP contribution >= 0.6 is 71.0 Å². The van der Waals surface area contributed by atoms with E-state index in [-0.39, 0.29) is 21.7 Å². The zero-order valence-electron chi connectivity index (χ0n) is 65.1. The molecule has 14 aromatic carbocycles. The maximum atomic E-state index is 7.27. The molecule has 2 aliphatic rings. The molecule has 0 amide bonds. The minimum absolute atomic E-state index is 0.0363. The highest BCUT2D eigenvalue weighted by molar-refractivity contribution is 9.13. The van der Waals surface area contributed by atoms with Crippen LogP contribution in [0.3, 0.4) is 0 Å². The Morgan fingerprint density at radius 2 is 0.541 bits per heavy atom. The fourth-order valence-corrected chi connectivity index (χ4v) is 28.0. The lowest BCUT2D eigenvalue weighted by Crippen LogP contribution is -2.77. The van der Waals surface area contributed by atoms with Crippen molar-refractivity contribution in [2.75, 3.05) is 20.0 Å². The largest absolute Gasteiger partial charge is 0.356 e. The van der Waals surface area contributed by atoms with Gasteiger partial charge in [0, 0.05) is 60.0 Å². The molecule has 0 radical (unpaired) electrons. The van der Waals surface area contributed by atoms with E-state index in [0.717, 1.165) is 64.6 Å². The molecule has 14 aromatic rings. The van der Waals surface area contributed by atoms with Crippen molar-refractivity contribution in [2.24, 2.45) is 0 Å². The Morgan fingerprint density at radius 1 is 0.279 bits per heavy atom. The third-order valence-electron chi connectivity index (χ3n) is 21.5. The maximum absolute atomic E-state index is 7.27. The quantitative estimate of drug-likeness (QED) is 0.103. The van der Waals surface area contributed by atoms with Crippen LogP contribution in [-0.2, 0) is 21.7 Å². The van der Waals surface area contributed by atoms with E-state index in [0.29, 0.717) is 10.0 Å². The van der Waals surface area contributed by atoms with E-state index >= 15 is 0 Å². The number of fused-ring (bicyclic) bond motifs is 4. The molecule has 111 heavy (non-hydrogen) atoms. The van der Waals surface area contributed by atoms with Crippen LogP contribution in [-0.4, -0.2) is 16.1 Å². The molecular weight excluding hydrogens is 1620 g/mol. The Hall–Kier alpha value is -9.27. The van der Waals surface area contributed by atoms with Gasteiger partial charge >= 0.3 is 0 Å². The fourth-order valence-electron chi connectivity index (χ4n) is 15.9. The summed E-state index contributed by atoms with van der Waals surface area (Å²) in [5.74, 6) is 0. The molecular formula is C100H93Br3Cl2N4Si2. The summed E-state index contributed by atoms with van der Waals surface area (Å²) in [6.07, 6.45) is 0. The average molecular weight is 1720 g/mol. The summed E-state index contributed by atoms with van der Waals surface area (Å²) in [5.41, 5.74) is 17.5. The van der Waals surface area contributed by atoms with E-state index in [1.807, 2.05) is 12.1 Å². The van der Waals surface area contributed by atoms with Crippen molar-refractivity contribution in [2.45, 2.75) is 105 Å². The predicted octanol–water partition coefficient (Wildman–Crippen LogP) is 25.4. The molecule has 556 valence electrons. The molecule has 0 fully saturated rings. The van der Waals surface area contributed by atoms with Gasteiger partial charge in [-0.2, -0.15) is 0 Å². The molecule has 4 nitrogen and oxygen atoms in total. The molecule has 0 saturated carbocycles. The standard InChI is InChI=1S/C50H46BrClN2Si.C26H28Br2ClN.C24H19NSi/c1-49(2,3)35-25-29-38(30-26-35)53(39-31-27-36(28-32-39)50(4,5)6)44-33-37(52)34-45(48(44)51)54-42-21-13-15-23-46(42)55(40-17-9-7-10-18-40,41-19-11-8-12-20-41)47-24-16-14-22-43(47)54;1-25(2,3)17-7-11-20(12-8-17)30(23-16-19(29)15-22(27)24(23)28)21-13-9-18(10-14-21)26(4,5)6;1-3-11-19(12-4-1)26(20-13-5-2-6-14-20)23-17-9-7-15-21(23)25-22-16-8-10-18-24(22)26/h7-34H,1-6H3;7-16H,1-6H3;1-18,25H. The lowest BCUT2D eigenvalue weighted by atomic mass is 9.86. The summed E-state index contributed by atoms with van der Waals surface area (Å²) in [6.45, 7) is 26.9. The van der Waals surface area contributed by atoms with Crippen LogP contribution in [0, 0.1) is 0 Å². The van der Waals surface area contributed by atoms with Crippen molar-refractivity contribution in [3.8, 4) is 0 Å². The summed E-state index contributed by atoms with van der Waals surface area (Å²) >= 11 is 25.3. The van der Waals surface area contributed by atoms with E-state index in [9.17, 15) is 0 Å². The van der Waals surface area contributed by atoms with Gasteiger partial charge in [0.15, 0.2) is 16.1 Å². The van der Waals surface area contributed by atoms with E-state index in [1.54, 1.807) is 0 Å². The first-order valence-corrected chi connectivity index (χ1v) is 45.1. The van der Waals surface area contributed by atoms with Crippen molar-refractivity contribution in [1.29, 1.82) is 0 Å². The number of anilines is 11. The summed E-state index contributed by atoms with van der Waals surface area (Å²) in [4.78, 5) is 6.98. The smallest absolute Gasteiger partial charge is 0.184 e. The molecule has 0 aliphatic carbocycles. The number of hydrogen-bond acceptors (Lipinski definition) is 4. The molecule has 1 N–H and O–H groups in total. The van der Waals surface area contributed by atoms with Crippen LogP contribution in [0.15, 0.2) is 353 Å². The second-order valence-electron chi connectivity index (χ2n) is 32.9. The van der Waals surface area contributed by atoms with Gasteiger partial charge in [-0.05, 0) is 230 Å². The first-order chi connectivity index (χ1) is 53.2. The Morgan fingerprint density at radius 3 is 0.856 bits per heavy atom. The van der Waals surface area contributed by atoms with E-state index in [1.165, 1.54) is 75.1 Å². The topological polar surface area (TPSA) is 21.8 Å². The second-order valence-corrected chi connectivity index (χ2v) is 43.7. The number of nitrogens with one attached hydrogen (secondary N) is 1. The van der Waals surface area contributed by atoms with Crippen LogP contribution in [0.5, 0.6) is 0 Å². The number of rotatable bonds is 11. The summed E-state index contributed by atoms with van der Waals surface area (Å²) in [6, 6.07) is 123. The molecule has 16 rings (SSSR count).